The summed E-state index contributed by atoms with van der Waals surface area (Å²) in [4.78, 5) is 34.7. The first-order valence-corrected chi connectivity index (χ1v) is 12.6. The SMILES string of the molecule is CCOc1ccccc1[C@H]1c2[nH]c3ccccc3c2C[C@H]2C(=O)N(Cc3ccccc3Cl)CC(=O)N12. The molecule has 36 heavy (non-hydrogen) atoms. The minimum Gasteiger partial charge on any atom is -0.494 e. The maximum Gasteiger partial charge on any atom is 0.246 e. The van der Waals surface area contributed by atoms with E-state index in [1.807, 2.05) is 67.6 Å². The first-order chi connectivity index (χ1) is 17.6. The third-order valence-electron chi connectivity index (χ3n) is 7.17. The number of benzene rings is 3. The first-order valence-electron chi connectivity index (χ1n) is 12.2. The number of nitrogens with one attached hydrogen (secondary N) is 1. The van der Waals surface area contributed by atoms with Gasteiger partial charge in [-0.05, 0) is 36.2 Å². The number of piperazine rings is 1. The van der Waals surface area contributed by atoms with Gasteiger partial charge in [-0.1, -0.05) is 66.2 Å². The van der Waals surface area contributed by atoms with E-state index in [0.29, 0.717) is 30.3 Å². The van der Waals surface area contributed by atoms with Crippen molar-refractivity contribution < 1.29 is 14.3 Å². The number of aromatic amines is 1. The van der Waals surface area contributed by atoms with Gasteiger partial charge in [-0.25, -0.2) is 0 Å². The summed E-state index contributed by atoms with van der Waals surface area (Å²) in [5.41, 5.74) is 4.71. The zero-order chi connectivity index (χ0) is 24.8. The van der Waals surface area contributed by atoms with E-state index in [-0.39, 0.29) is 18.4 Å². The van der Waals surface area contributed by atoms with Gasteiger partial charge in [0.05, 0.1) is 6.61 Å². The van der Waals surface area contributed by atoms with Gasteiger partial charge in [-0.15, -0.1) is 0 Å². The van der Waals surface area contributed by atoms with Crippen LogP contribution in [0.15, 0.2) is 72.8 Å². The lowest BCUT2D eigenvalue weighted by Gasteiger charge is -2.47. The molecule has 3 heterocycles. The summed E-state index contributed by atoms with van der Waals surface area (Å²) in [6.07, 6.45) is 0.455. The summed E-state index contributed by atoms with van der Waals surface area (Å²) in [7, 11) is 0. The number of ether oxygens (including phenoxy) is 1. The molecule has 1 fully saturated rings. The lowest BCUT2D eigenvalue weighted by Crippen LogP contribution is -2.62. The Bertz CT molecular complexity index is 1480. The van der Waals surface area contributed by atoms with Crippen LogP contribution in [0.4, 0.5) is 0 Å². The molecule has 2 atom stereocenters. The fraction of sp³-hybridized carbons (Fsp3) is 0.241. The average Bonchev–Trinajstić information content (AvgIpc) is 3.26. The molecular weight excluding hydrogens is 474 g/mol. The number of para-hydroxylation sites is 2. The Hall–Kier alpha value is -3.77. The molecule has 0 spiro atoms. The van der Waals surface area contributed by atoms with Crippen LogP contribution in [0.1, 0.15) is 35.3 Å². The minimum atomic E-state index is -0.611. The molecule has 0 saturated carbocycles. The highest BCUT2D eigenvalue weighted by Crippen LogP contribution is 2.45. The summed E-state index contributed by atoms with van der Waals surface area (Å²) in [6.45, 7) is 2.75. The molecule has 2 aliphatic rings. The van der Waals surface area contributed by atoms with Crippen LogP contribution in [0.2, 0.25) is 5.02 Å². The summed E-state index contributed by atoms with van der Waals surface area (Å²) < 4.78 is 5.97. The van der Waals surface area contributed by atoms with Gasteiger partial charge in [0.15, 0.2) is 0 Å². The molecule has 1 aromatic heterocycles. The highest BCUT2D eigenvalue weighted by molar-refractivity contribution is 6.31. The molecule has 6 rings (SSSR count). The van der Waals surface area contributed by atoms with Gasteiger partial charge >= 0.3 is 0 Å². The molecule has 4 aromatic rings. The van der Waals surface area contributed by atoms with E-state index in [4.69, 9.17) is 16.3 Å². The Balaban J connectivity index is 1.48. The van der Waals surface area contributed by atoms with Gasteiger partial charge in [0.2, 0.25) is 11.8 Å². The van der Waals surface area contributed by atoms with Crippen LogP contribution in [0.5, 0.6) is 5.75 Å². The first kappa shape index (κ1) is 22.7. The van der Waals surface area contributed by atoms with Crippen molar-refractivity contribution in [3.8, 4) is 5.75 Å². The second-order valence-corrected chi connectivity index (χ2v) is 9.65. The number of carbonyl (C=O) groups excluding carboxylic acids is 2. The van der Waals surface area contributed by atoms with Crippen LogP contribution in [-0.4, -0.2) is 45.8 Å². The summed E-state index contributed by atoms with van der Waals surface area (Å²) in [5, 5.41) is 1.67. The van der Waals surface area contributed by atoms with Crippen LogP contribution < -0.4 is 4.74 Å². The molecule has 3 aromatic carbocycles. The molecule has 0 unspecified atom stereocenters. The van der Waals surface area contributed by atoms with Crippen molar-refractivity contribution in [1.29, 1.82) is 0 Å². The predicted molar refractivity (Wildman–Crippen MR) is 139 cm³/mol. The third-order valence-corrected chi connectivity index (χ3v) is 7.54. The highest BCUT2D eigenvalue weighted by Gasteiger charge is 2.48. The number of H-pyrrole nitrogens is 1. The number of nitrogens with zero attached hydrogens (tertiary/aromatic N) is 2. The van der Waals surface area contributed by atoms with E-state index in [0.717, 1.165) is 33.3 Å². The minimum absolute atomic E-state index is 0.00339. The standard InChI is InChI=1S/C29H26ClN3O3/c1-2-36-25-14-8-5-11-20(25)28-27-21(19-10-4-7-13-23(19)31-27)15-24-29(35)32(17-26(34)33(24)28)16-18-9-3-6-12-22(18)30/h3-14,24,28,31H,2,15-17H2,1H3/t24-,28-/m0/s1. The van der Waals surface area contributed by atoms with Crippen LogP contribution in [-0.2, 0) is 22.6 Å². The van der Waals surface area contributed by atoms with Crippen molar-refractivity contribution in [1.82, 2.24) is 14.8 Å². The molecular formula is C29H26ClN3O3. The summed E-state index contributed by atoms with van der Waals surface area (Å²) >= 11 is 6.38. The fourth-order valence-electron chi connectivity index (χ4n) is 5.61. The third kappa shape index (κ3) is 3.64. The lowest BCUT2D eigenvalue weighted by atomic mass is 9.85. The van der Waals surface area contributed by atoms with Crippen LogP contribution >= 0.6 is 11.6 Å². The van der Waals surface area contributed by atoms with Crippen LogP contribution in [0.25, 0.3) is 10.9 Å². The highest BCUT2D eigenvalue weighted by atomic mass is 35.5. The molecule has 1 N–H and O–H groups in total. The molecule has 2 amide bonds. The van der Waals surface area contributed by atoms with Crippen molar-refractivity contribution in [2.75, 3.05) is 13.2 Å². The molecule has 0 aliphatic carbocycles. The fourth-order valence-corrected chi connectivity index (χ4v) is 5.80. The van der Waals surface area contributed by atoms with E-state index < -0.39 is 12.1 Å². The Labute approximate surface area is 214 Å². The van der Waals surface area contributed by atoms with E-state index in [2.05, 4.69) is 11.1 Å². The zero-order valence-electron chi connectivity index (χ0n) is 19.9. The van der Waals surface area contributed by atoms with Crippen molar-refractivity contribution in [2.45, 2.75) is 32.0 Å². The Morgan fingerprint density at radius 3 is 2.58 bits per heavy atom. The number of hydrogen-bond donors (Lipinski definition) is 1. The van der Waals surface area contributed by atoms with E-state index in [9.17, 15) is 9.59 Å². The number of halogens is 1. The maximum absolute atomic E-state index is 13.9. The monoisotopic (exact) mass is 499 g/mol. The number of carbonyl (C=O) groups is 2. The largest absolute Gasteiger partial charge is 0.494 e. The van der Waals surface area contributed by atoms with Crippen LogP contribution in [0.3, 0.4) is 0 Å². The van der Waals surface area contributed by atoms with Crippen molar-refractivity contribution in [2.24, 2.45) is 0 Å². The Morgan fingerprint density at radius 1 is 1.00 bits per heavy atom. The molecule has 0 radical (unpaired) electrons. The van der Waals surface area contributed by atoms with E-state index >= 15 is 0 Å². The molecule has 2 aliphatic heterocycles. The Kier molecular flexibility index (Phi) is 5.69. The van der Waals surface area contributed by atoms with Gasteiger partial charge in [0, 0.05) is 40.1 Å². The van der Waals surface area contributed by atoms with Gasteiger partial charge in [-0.3, -0.25) is 9.59 Å². The van der Waals surface area contributed by atoms with Crippen molar-refractivity contribution in [3.63, 3.8) is 0 Å². The predicted octanol–water partition coefficient (Wildman–Crippen LogP) is 5.11. The van der Waals surface area contributed by atoms with Gasteiger partial charge in [0.1, 0.15) is 24.4 Å². The molecule has 182 valence electrons. The lowest BCUT2D eigenvalue weighted by molar-refractivity contribution is -0.159. The molecule has 7 heteroatoms. The number of fused-ring (bicyclic) bond motifs is 4. The number of rotatable bonds is 5. The normalized spacial score (nSPS) is 19.4. The number of hydrogen-bond acceptors (Lipinski definition) is 3. The molecule has 0 bridgehead atoms. The smallest absolute Gasteiger partial charge is 0.246 e. The number of aromatic nitrogens is 1. The zero-order valence-corrected chi connectivity index (χ0v) is 20.7. The van der Waals surface area contributed by atoms with Crippen molar-refractivity contribution in [3.05, 3.63) is 100 Å². The van der Waals surface area contributed by atoms with E-state index in [1.54, 1.807) is 15.9 Å². The average molecular weight is 500 g/mol. The number of amides is 2. The van der Waals surface area contributed by atoms with Crippen LogP contribution in [0, 0.1) is 0 Å². The quantitative estimate of drug-likeness (QED) is 0.415. The summed E-state index contributed by atoms with van der Waals surface area (Å²) in [5.74, 6) is 0.561. The second kappa shape index (κ2) is 9.03. The summed E-state index contributed by atoms with van der Waals surface area (Å²) in [6, 6.07) is 22.3. The second-order valence-electron chi connectivity index (χ2n) is 9.24. The Morgan fingerprint density at radius 2 is 1.75 bits per heavy atom. The van der Waals surface area contributed by atoms with Gasteiger partial charge in [0.25, 0.3) is 0 Å². The topological polar surface area (TPSA) is 65.6 Å². The van der Waals surface area contributed by atoms with Crippen molar-refractivity contribution >= 4 is 34.3 Å². The molecule has 6 nitrogen and oxygen atoms in total. The van der Waals surface area contributed by atoms with E-state index in [1.165, 1.54) is 0 Å². The maximum atomic E-state index is 13.9. The van der Waals surface area contributed by atoms with Gasteiger partial charge in [-0.2, -0.15) is 0 Å². The van der Waals surface area contributed by atoms with Gasteiger partial charge < -0.3 is 19.5 Å². The molecule has 1 saturated heterocycles.